The Bertz CT molecular complexity index is 959. The van der Waals surface area contributed by atoms with Gasteiger partial charge in [0.25, 0.3) is 5.91 Å². The molecule has 182 valence electrons. The molecule has 1 saturated heterocycles. The number of amides is 3. The summed E-state index contributed by atoms with van der Waals surface area (Å²) in [5.41, 5.74) is 3.51. The number of fused-ring (bicyclic) bond motifs is 1. The van der Waals surface area contributed by atoms with Gasteiger partial charge in [0, 0.05) is 42.6 Å². The summed E-state index contributed by atoms with van der Waals surface area (Å²) in [6, 6.07) is 15.9. The smallest absolute Gasteiger partial charge is 0.326 e. The fourth-order valence-corrected chi connectivity index (χ4v) is 5.20. The van der Waals surface area contributed by atoms with Crippen LogP contribution in [0.2, 0.25) is 0 Å². The molecule has 0 aliphatic carbocycles. The van der Waals surface area contributed by atoms with Gasteiger partial charge in [0.15, 0.2) is 0 Å². The molecule has 4 rings (SSSR count). The van der Waals surface area contributed by atoms with E-state index in [-0.39, 0.29) is 11.9 Å². The maximum atomic E-state index is 13.0. The summed E-state index contributed by atoms with van der Waals surface area (Å²) in [6.07, 6.45) is 9.17. The normalized spacial score (nSPS) is 18.6. The second-order valence-electron chi connectivity index (χ2n) is 9.45. The van der Waals surface area contributed by atoms with Crippen molar-refractivity contribution in [1.29, 1.82) is 0 Å². The van der Waals surface area contributed by atoms with Gasteiger partial charge in [0.05, 0.1) is 0 Å². The molecule has 0 aromatic heterocycles. The summed E-state index contributed by atoms with van der Waals surface area (Å²) in [5, 5.41) is 6.03. The number of aryl methyl sites for hydroxylation is 1. The molecule has 3 amide bonds. The first kappa shape index (κ1) is 24.3. The minimum absolute atomic E-state index is 0.0648. The van der Waals surface area contributed by atoms with Crippen LogP contribution >= 0.6 is 0 Å². The number of nitrogens with one attached hydrogen (secondary N) is 2. The maximum absolute atomic E-state index is 13.0. The monoisotopic (exact) mass is 462 g/mol. The molecule has 34 heavy (non-hydrogen) atoms. The number of urea groups is 1. The van der Waals surface area contributed by atoms with E-state index in [1.807, 2.05) is 23.1 Å². The van der Waals surface area contributed by atoms with Crippen LogP contribution in [0.15, 0.2) is 48.5 Å². The van der Waals surface area contributed by atoms with Crippen molar-refractivity contribution in [2.45, 2.75) is 64.3 Å². The molecule has 0 spiro atoms. The molecular formula is C28H38N4O2. The predicted molar refractivity (Wildman–Crippen MR) is 139 cm³/mol. The Kier molecular flexibility index (Phi) is 8.58. The molecule has 2 aliphatic rings. The fourth-order valence-electron chi connectivity index (χ4n) is 5.20. The molecule has 0 bridgehead atoms. The number of benzene rings is 2. The van der Waals surface area contributed by atoms with Crippen LogP contribution in [0.1, 0.15) is 67.8 Å². The van der Waals surface area contributed by atoms with Gasteiger partial charge in [-0.05, 0) is 87.4 Å². The molecule has 6 nitrogen and oxygen atoms in total. The lowest BCUT2D eigenvalue weighted by atomic mass is 10.00. The van der Waals surface area contributed by atoms with E-state index in [1.165, 1.54) is 37.8 Å². The zero-order chi connectivity index (χ0) is 23.8. The minimum atomic E-state index is -0.130. The van der Waals surface area contributed by atoms with Crippen molar-refractivity contribution in [3.63, 3.8) is 0 Å². The number of piperidine rings is 1. The highest BCUT2D eigenvalue weighted by Crippen LogP contribution is 2.27. The number of hydrogen-bond donors (Lipinski definition) is 2. The average Bonchev–Trinajstić information content (AvgIpc) is 3.10. The van der Waals surface area contributed by atoms with Crippen molar-refractivity contribution >= 4 is 23.3 Å². The second-order valence-corrected chi connectivity index (χ2v) is 9.45. The van der Waals surface area contributed by atoms with Crippen LogP contribution in [-0.2, 0) is 6.42 Å². The van der Waals surface area contributed by atoms with E-state index in [0.29, 0.717) is 30.4 Å². The van der Waals surface area contributed by atoms with Gasteiger partial charge in [-0.3, -0.25) is 9.69 Å². The second kappa shape index (κ2) is 12.0. The lowest BCUT2D eigenvalue weighted by Gasteiger charge is -2.35. The highest BCUT2D eigenvalue weighted by Gasteiger charge is 2.21. The van der Waals surface area contributed by atoms with Crippen LogP contribution in [-0.4, -0.2) is 49.1 Å². The predicted octanol–water partition coefficient (Wildman–Crippen LogP) is 5.45. The molecule has 2 aromatic carbocycles. The average molecular weight is 463 g/mol. The zero-order valence-corrected chi connectivity index (χ0v) is 20.4. The van der Waals surface area contributed by atoms with Gasteiger partial charge in [-0.25, -0.2) is 4.79 Å². The van der Waals surface area contributed by atoms with Crippen LogP contribution < -0.4 is 15.5 Å². The largest absolute Gasteiger partial charge is 0.352 e. The first-order chi connectivity index (χ1) is 16.7. The Morgan fingerprint density at radius 1 is 0.971 bits per heavy atom. The molecule has 2 aliphatic heterocycles. The Hall–Kier alpha value is -2.86. The molecule has 2 N–H and O–H groups in total. The summed E-state index contributed by atoms with van der Waals surface area (Å²) >= 11 is 0. The van der Waals surface area contributed by atoms with Crippen molar-refractivity contribution < 1.29 is 9.59 Å². The first-order valence-electron chi connectivity index (χ1n) is 12.9. The van der Waals surface area contributed by atoms with E-state index in [9.17, 15) is 9.59 Å². The Morgan fingerprint density at radius 3 is 2.59 bits per heavy atom. The van der Waals surface area contributed by atoms with Crippen LogP contribution in [0.5, 0.6) is 0 Å². The molecule has 6 heteroatoms. The van der Waals surface area contributed by atoms with Crippen molar-refractivity contribution in [2.75, 3.05) is 36.4 Å². The van der Waals surface area contributed by atoms with Crippen molar-refractivity contribution in [3.8, 4) is 0 Å². The van der Waals surface area contributed by atoms with E-state index < -0.39 is 0 Å². The van der Waals surface area contributed by atoms with Crippen LogP contribution in [0.25, 0.3) is 0 Å². The standard InChI is InChI=1S/C28H38N4O2/c1-2-25-12-6-7-19-31(25)20-9-18-29-27(33)23-14-16-24(17-15-23)30-28(34)32-21-8-5-11-22-10-3-4-13-26(22)32/h3-4,10,13-17,25H,2,5-9,11-12,18-21H2,1H3,(H,29,33)(H,30,34). The van der Waals surface area contributed by atoms with E-state index in [0.717, 1.165) is 37.9 Å². The highest BCUT2D eigenvalue weighted by molar-refractivity contribution is 6.02. The van der Waals surface area contributed by atoms with E-state index in [2.05, 4.69) is 28.5 Å². The Balaban J connectivity index is 1.26. The first-order valence-corrected chi connectivity index (χ1v) is 12.9. The van der Waals surface area contributed by atoms with Gasteiger partial charge >= 0.3 is 6.03 Å². The molecule has 2 heterocycles. The number of carbonyl (C=O) groups is 2. The number of rotatable bonds is 7. The molecular weight excluding hydrogens is 424 g/mol. The summed E-state index contributed by atoms with van der Waals surface area (Å²) < 4.78 is 0. The zero-order valence-electron chi connectivity index (χ0n) is 20.4. The van der Waals surface area contributed by atoms with Crippen LogP contribution in [0, 0.1) is 0 Å². The van der Waals surface area contributed by atoms with Gasteiger partial charge in [-0.1, -0.05) is 31.5 Å². The molecule has 0 saturated carbocycles. The summed E-state index contributed by atoms with van der Waals surface area (Å²) in [5.74, 6) is -0.0648. The molecule has 0 radical (unpaired) electrons. The van der Waals surface area contributed by atoms with Gasteiger partial charge in [0.2, 0.25) is 0 Å². The van der Waals surface area contributed by atoms with Gasteiger partial charge in [-0.2, -0.15) is 0 Å². The Labute approximate surface area is 203 Å². The minimum Gasteiger partial charge on any atom is -0.352 e. The van der Waals surface area contributed by atoms with Gasteiger partial charge < -0.3 is 15.5 Å². The van der Waals surface area contributed by atoms with E-state index >= 15 is 0 Å². The third kappa shape index (κ3) is 6.17. The fraction of sp³-hybridized carbons (Fsp3) is 0.500. The molecule has 1 fully saturated rings. The SMILES string of the molecule is CCC1CCCCN1CCCNC(=O)c1ccc(NC(=O)N2CCCCc3ccccc32)cc1. The summed E-state index contributed by atoms with van der Waals surface area (Å²) in [4.78, 5) is 29.9. The third-order valence-corrected chi connectivity index (χ3v) is 7.13. The topological polar surface area (TPSA) is 64.7 Å². The lowest BCUT2D eigenvalue weighted by Crippen LogP contribution is -2.40. The van der Waals surface area contributed by atoms with Gasteiger partial charge in [-0.15, -0.1) is 0 Å². The summed E-state index contributed by atoms with van der Waals surface area (Å²) in [7, 11) is 0. The van der Waals surface area contributed by atoms with Crippen molar-refractivity contribution in [1.82, 2.24) is 10.2 Å². The van der Waals surface area contributed by atoms with Crippen LogP contribution in [0.4, 0.5) is 16.2 Å². The Morgan fingerprint density at radius 2 is 1.76 bits per heavy atom. The number of anilines is 2. The van der Waals surface area contributed by atoms with Crippen molar-refractivity contribution in [3.05, 3.63) is 59.7 Å². The van der Waals surface area contributed by atoms with Crippen molar-refractivity contribution in [2.24, 2.45) is 0 Å². The third-order valence-electron chi connectivity index (χ3n) is 7.13. The maximum Gasteiger partial charge on any atom is 0.326 e. The number of likely N-dealkylation sites (tertiary alicyclic amines) is 1. The number of nitrogens with zero attached hydrogens (tertiary/aromatic N) is 2. The molecule has 2 aromatic rings. The molecule has 1 unspecified atom stereocenters. The number of carbonyl (C=O) groups excluding carboxylic acids is 2. The number of hydrogen-bond acceptors (Lipinski definition) is 3. The van der Waals surface area contributed by atoms with Gasteiger partial charge in [0.1, 0.15) is 0 Å². The quantitative estimate of drug-likeness (QED) is 0.538. The highest BCUT2D eigenvalue weighted by atomic mass is 16.2. The lowest BCUT2D eigenvalue weighted by molar-refractivity contribution is 0.0947. The van der Waals surface area contributed by atoms with E-state index in [1.54, 1.807) is 24.3 Å². The van der Waals surface area contributed by atoms with Crippen LogP contribution in [0.3, 0.4) is 0 Å². The van der Waals surface area contributed by atoms with E-state index in [4.69, 9.17) is 0 Å². The number of para-hydroxylation sites is 1. The molecule has 1 atom stereocenters. The summed E-state index contributed by atoms with van der Waals surface area (Å²) in [6.45, 7) is 5.88.